The molecule has 0 saturated heterocycles. The SMILES string of the molecule is NC(=O)C1CC(C(=O)NCCc2c(F)cccc2F)=NN1c1ccc(F)cc1. The molecule has 1 heterocycles. The van der Waals surface area contributed by atoms with E-state index in [9.17, 15) is 22.8 Å². The minimum atomic E-state index is -0.893. The largest absolute Gasteiger partial charge is 0.368 e. The smallest absolute Gasteiger partial charge is 0.267 e. The highest BCUT2D eigenvalue weighted by Crippen LogP contribution is 2.25. The number of carbonyl (C=O) groups excluding carboxylic acids is 2. The lowest BCUT2D eigenvalue weighted by molar-refractivity contribution is -0.119. The van der Waals surface area contributed by atoms with Crippen LogP contribution in [0, 0.1) is 17.5 Å². The quantitative estimate of drug-likeness (QED) is 0.790. The second-order valence-corrected chi connectivity index (χ2v) is 6.20. The van der Waals surface area contributed by atoms with Crippen molar-refractivity contribution in [2.24, 2.45) is 10.8 Å². The molecule has 0 spiro atoms. The lowest BCUT2D eigenvalue weighted by Crippen LogP contribution is -2.40. The first kappa shape index (κ1) is 19.4. The number of carbonyl (C=O) groups is 2. The predicted molar refractivity (Wildman–Crippen MR) is 97.0 cm³/mol. The Morgan fingerprint density at radius 3 is 2.36 bits per heavy atom. The number of benzene rings is 2. The molecular formula is C19H17F3N4O2. The van der Waals surface area contributed by atoms with Crippen molar-refractivity contribution in [3.63, 3.8) is 0 Å². The van der Waals surface area contributed by atoms with Crippen LogP contribution in [0.1, 0.15) is 12.0 Å². The lowest BCUT2D eigenvalue weighted by Gasteiger charge is -2.20. The summed E-state index contributed by atoms with van der Waals surface area (Å²) in [6.07, 6.45) is -0.0783. The first-order valence-corrected chi connectivity index (χ1v) is 8.49. The van der Waals surface area contributed by atoms with Gasteiger partial charge in [0.05, 0.1) is 5.69 Å². The topological polar surface area (TPSA) is 87.8 Å². The van der Waals surface area contributed by atoms with E-state index < -0.39 is 35.3 Å². The van der Waals surface area contributed by atoms with Gasteiger partial charge in [0.2, 0.25) is 5.91 Å². The third-order valence-corrected chi connectivity index (χ3v) is 4.31. The van der Waals surface area contributed by atoms with Crippen LogP contribution < -0.4 is 16.1 Å². The molecule has 0 bridgehead atoms. The van der Waals surface area contributed by atoms with E-state index in [1.807, 2.05) is 0 Å². The van der Waals surface area contributed by atoms with E-state index in [2.05, 4.69) is 10.4 Å². The van der Waals surface area contributed by atoms with Gasteiger partial charge < -0.3 is 11.1 Å². The van der Waals surface area contributed by atoms with E-state index in [1.165, 1.54) is 35.3 Å². The third kappa shape index (κ3) is 4.13. The van der Waals surface area contributed by atoms with Gasteiger partial charge in [0.15, 0.2) is 0 Å². The minimum Gasteiger partial charge on any atom is -0.368 e. The second-order valence-electron chi connectivity index (χ2n) is 6.20. The molecular weight excluding hydrogens is 373 g/mol. The number of halogens is 3. The fourth-order valence-corrected chi connectivity index (χ4v) is 2.88. The molecule has 3 N–H and O–H groups in total. The Morgan fingerprint density at radius 2 is 1.75 bits per heavy atom. The molecule has 0 saturated carbocycles. The lowest BCUT2D eigenvalue weighted by atomic mass is 10.1. The van der Waals surface area contributed by atoms with Crippen molar-refractivity contribution >= 4 is 23.2 Å². The van der Waals surface area contributed by atoms with Crippen LogP contribution in [0.25, 0.3) is 0 Å². The van der Waals surface area contributed by atoms with Gasteiger partial charge in [-0.25, -0.2) is 13.2 Å². The van der Waals surface area contributed by atoms with Gasteiger partial charge in [-0.15, -0.1) is 0 Å². The average Bonchev–Trinajstić information content (AvgIpc) is 3.10. The van der Waals surface area contributed by atoms with E-state index in [1.54, 1.807) is 0 Å². The Morgan fingerprint density at radius 1 is 1.11 bits per heavy atom. The summed E-state index contributed by atoms with van der Waals surface area (Å²) in [4.78, 5) is 24.0. The summed E-state index contributed by atoms with van der Waals surface area (Å²) in [6.45, 7) is -0.0203. The number of nitrogens with one attached hydrogen (secondary N) is 1. The highest BCUT2D eigenvalue weighted by Gasteiger charge is 2.34. The van der Waals surface area contributed by atoms with Crippen LogP contribution in [0.4, 0.5) is 18.9 Å². The highest BCUT2D eigenvalue weighted by atomic mass is 19.1. The van der Waals surface area contributed by atoms with Crippen LogP contribution >= 0.6 is 0 Å². The summed E-state index contributed by atoms with van der Waals surface area (Å²) >= 11 is 0. The summed E-state index contributed by atoms with van der Waals surface area (Å²) in [5.41, 5.74) is 5.71. The van der Waals surface area contributed by atoms with Crippen molar-refractivity contribution in [3.05, 3.63) is 65.5 Å². The molecule has 2 aromatic rings. The summed E-state index contributed by atoms with van der Waals surface area (Å²) in [5, 5.41) is 7.90. The number of amides is 2. The van der Waals surface area contributed by atoms with Gasteiger partial charge in [-0.3, -0.25) is 14.6 Å². The summed E-state index contributed by atoms with van der Waals surface area (Å²) in [6, 6.07) is 7.86. The van der Waals surface area contributed by atoms with Gasteiger partial charge in [0.25, 0.3) is 5.91 Å². The van der Waals surface area contributed by atoms with Gasteiger partial charge in [0, 0.05) is 18.5 Å². The maximum absolute atomic E-state index is 13.6. The monoisotopic (exact) mass is 390 g/mol. The van der Waals surface area contributed by atoms with E-state index in [0.29, 0.717) is 5.69 Å². The summed E-state index contributed by atoms with van der Waals surface area (Å²) in [5.74, 6) is -3.11. The molecule has 0 aliphatic carbocycles. The Balaban J connectivity index is 1.68. The molecule has 2 aromatic carbocycles. The number of primary amides is 1. The van der Waals surface area contributed by atoms with E-state index in [4.69, 9.17) is 5.73 Å². The maximum Gasteiger partial charge on any atom is 0.267 e. The molecule has 0 radical (unpaired) electrons. The van der Waals surface area contributed by atoms with Gasteiger partial charge >= 0.3 is 0 Å². The predicted octanol–water partition coefficient (Wildman–Crippen LogP) is 1.88. The molecule has 1 atom stereocenters. The standard InChI is InChI=1S/C19H17F3N4O2/c20-11-4-6-12(7-5-11)26-17(18(23)27)10-16(25-26)19(28)24-9-8-13-14(21)2-1-3-15(13)22/h1-7,17H,8-10H2,(H2,23,27)(H,24,28). The van der Waals surface area contributed by atoms with Crippen LogP contribution in [0.2, 0.25) is 0 Å². The second kappa shape index (κ2) is 8.12. The molecule has 0 fully saturated rings. The number of nitrogens with two attached hydrogens (primary N) is 1. The number of hydrogen-bond acceptors (Lipinski definition) is 4. The summed E-state index contributed by atoms with van der Waals surface area (Å²) < 4.78 is 40.4. The number of anilines is 1. The maximum atomic E-state index is 13.6. The highest BCUT2D eigenvalue weighted by molar-refractivity contribution is 6.40. The van der Waals surface area contributed by atoms with Crippen LogP contribution in [-0.4, -0.2) is 30.1 Å². The van der Waals surface area contributed by atoms with Gasteiger partial charge in [-0.05, 0) is 42.8 Å². The van der Waals surface area contributed by atoms with Gasteiger partial charge in [-0.1, -0.05) is 6.07 Å². The van der Waals surface area contributed by atoms with Crippen molar-refractivity contribution in [1.29, 1.82) is 0 Å². The molecule has 1 unspecified atom stereocenters. The zero-order valence-corrected chi connectivity index (χ0v) is 14.7. The third-order valence-electron chi connectivity index (χ3n) is 4.31. The van der Waals surface area contributed by atoms with E-state index in [0.717, 1.165) is 12.1 Å². The van der Waals surface area contributed by atoms with Crippen molar-refractivity contribution in [3.8, 4) is 0 Å². The Hall–Kier alpha value is -3.36. The zero-order valence-electron chi connectivity index (χ0n) is 14.7. The van der Waals surface area contributed by atoms with Crippen molar-refractivity contribution in [2.45, 2.75) is 18.9 Å². The average molecular weight is 390 g/mol. The van der Waals surface area contributed by atoms with E-state index >= 15 is 0 Å². The van der Waals surface area contributed by atoms with Crippen molar-refractivity contribution in [1.82, 2.24) is 5.32 Å². The molecule has 2 amide bonds. The normalized spacial score (nSPS) is 16.0. The van der Waals surface area contributed by atoms with Crippen molar-refractivity contribution < 1.29 is 22.8 Å². The molecule has 1 aliphatic heterocycles. The minimum absolute atomic E-state index is 0.0203. The molecule has 6 nitrogen and oxygen atoms in total. The number of nitrogens with zero attached hydrogens (tertiary/aromatic N) is 2. The molecule has 0 aromatic heterocycles. The van der Waals surface area contributed by atoms with Gasteiger partial charge in [-0.2, -0.15) is 5.10 Å². The molecule has 3 rings (SSSR count). The first-order chi connectivity index (χ1) is 13.4. The fraction of sp³-hybridized carbons (Fsp3) is 0.211. The summed E-state index contributed by atoms with van der Waals surface area (Å²) in [7, 11) is 0. The molecule has 1 aliphatic rings. The fourth-order valence-electron chi connectivity index (χ4n) is 2.88. The molecule has 146 valence electrons. The Kier molecular flexibility index (Phi) is 5.62. The van der Waals surface area contributed by atoms with Crippen LogP contribution in [0.15, 0.2) is 47.6 Å². The molecule has 28 heavy (non-hydrogen) atoms. The zero-order chi connectivity index (χ0) is 20.3. The Labute approximate surface area is 158 Å². The Bertz CT molecular complexity index is 911. The molecule has 9 heteroatoms. The number of hydrazone groups is 1. The first-order valence-electron chi connectivity index (χ1n) is 8.49. The van der Waals surface area contributed by atoms with Crippen LogP contribution in [0.3, 0.4) is 0 Å². The van der Waals surface area contributed by atoms with Crippen LogP contribution in [0.5, 0.6) is 0 Å². The van der Waals surface area contributed by atoms with Gasteiger partial charge in [0.1, 0.15) is 29.2 Å². The van der Waals surface area contributed by atoms with Crippen LogP contribution in [-0.2, 0) is 16.0 Å². The number of rotatable bonds is 6. The number of hydrogen-bond donors (Lipinski definition) is 2. The van der Waals surface area contributed by atoms with E-state index in [-0.39, 0.29) is 30.7 Å². The van der Waals surface area contributed by atoms with Crippen molar-refractivity contribution in [2.75, 3.05) is 11.6 Å².